The van der Waals surface area contributed by atoms with Gasteiger partial charge in [-0.3, -0.25) is 59.1 Å². The number of carbonyl (C=O) groups is 12. The van der Waals surface area contributed by atoms with Crippen molar-refractivity contribution in [1.29, 1.82) is 0 Å². The number of unbranched alkanes of at least 4 members (excludes halogenated alkanes) is 2. The molecule has 15 atom stereocenters. The van der Waals surface area contributed by atoms with Crippen LogP contribution in [0.5, 0.6) is 0 Å². The molecule has 4 rings (SSSR count). The van der Waals surface area contributed by atoms with E-state index in [2.05, 4.69) is 16.0 Å². The first kappa shape index (κ1) is 95.3. The predicted octanol–water partition coefficient (Wildman–Crippen LogP) is 8.61. The number of methoxy groups -OCH3 is 3. The highest BCUT2D eigenvalue weighted by Gasteiger charge is 2.34. The third kappa shape index (κ3) is 37.7. The minimum Gasteiger partial charge on any atom is -0.478 e. The summed E-state index contributed by atoms with van der Waals surface area (Å²) in [4.78, 5) is 141. The van der Waals surface area contributed by atoms with Gasteiger partial charge in [-0.1, -0.05) is 114 Å². The molecule has 0 radical (unpaired) electrons. The molecule has 4 aliphatic rings. The fourth-order valence-corrected chi connectivity index (χ4v) is 13.2. The van der Waals surface area contributed by atoms with Crippen LogP contribution in [-0.4, -0.2) is 183 Å². The second-order valence-corrected chi connectivity index (χ2v) is 28.7. The van der Waals surface area contributed by atoms with E-state index in [0.29, 0.717) is 139 Å². The number of allylic oxidation sites excluding steroid dienone is 7. The zero-order valence-electron chi connectivity index (χ0n) is 64.6. The smallest absolute Gasteiger partial charge is 0.331 e. The molecule has 0 spiro atoms. The van der Waals surface area contributed by atoms with Gasteiger partial charge in [0.2, 0.25) is 35.4 Å². The molecular formula is C81H121N3O23. The summed E-state index contributed by atoms with van der Waals surface area (Å²) in [6, 6.07) is 0. The van der Waals surface area contributed by atoms with Gasteiger partial charge in [-0.15, -0.1) is 0 Å². The second-order valence-electron chi connectivity index (χ2n) is 28.7. The molecule has 4 aliphatic heterocycles. The maximum atomic E-state index is 13.0. The van der Waals surface area contributed by atoms with Gasteiger partial charge in [0.25, 0.3) is 0 Å². The summed E-state index contributed by atoms with van der Waals surface area (Å²) < 4.78 is 21.9. The average Bonchev–Trinajstić information content (AvgIpc) is 0.863. The topological polar surface area (TPSA) is 419 Å². The summed E-state index contributed by atoms with van der Waals surface area (Å²) in [6.07, 6.45) is 27.0. The summed E-state index contributed by atoms with van der Waals surface area (Å²) in [5.74, 6) is -7.27. The van der Waals surface area contributed by atoms with E-state index >= 15 is 0 Å². The number of amides is 6. The zero-order valence-corrected chi connectivity index (χ0v) is 64.6. The number of cyclic esters (lactones) is 1. The number of imide groups is 3. The van der Waals surface area contributed by atoms with E-state index in [1.165, 1.54) is 20.3 Å². The molecule has 3 fully saturated rings. The predicted molar refractivity (Wildman–Crippen MR) is 401 cm³/mol. The van der Waals surface area contributed by atoms with Crippen LogP contribution >= 0.6 is 0 Å². The first-order valence-corrected chi connectivity index (χ1v) is 37.3. The molecule has 0 aromatic rings. The molecular weight excluding hydrogens is 1380 g/mol. The highest BCUT2D eigenvalue weighted by Crippen LogP contribution is 2.29. The highest BCUT2D eigenvalue weighted by molar-refractivity contribution is 5.99. The SMILES string of the molecule is COC(/C=C/CC/C=C/C(=O)O)C(O)C(C)/C=C(\C)C(O)C(C)C(=O)CCCC1CC(=O)NC(=O)C1.COC(/C=C/CC/C=C/C(=O)O)C(O)C(C)C(O)/C(C)=C/C(C)C(=O)CCCC1CC(=O)NC(=O)C1.CO[C@H]1/C=C/CC/C=C/C(=O)O[C@H]([C@H](C)C(=O)CCCC2CC(=O)NC(=O)C2)/C(C)=C\[C@@H](C)[C@@H]1O. The van der Waals surface area contributed by atoms with E-state index in [-0.39, 0.29) is 95.2 Å². The van der Waals surface area contributed by atoms with E-state index < -0.39 is 96.5 Å². The van der Waals surface area contributed by atoms with Gasteiger partial charge in [-0.05, 0) is 132 Å². The number of piperidine rings is 3. The molecule has 6 amide bonds. The van der Waals surface area contributed by atoms with Crippen molar-refractivity contribution < 1.29 is 112 Å². The molecule has 10 N–H and O–H groups in total. The van der Waals surface area contributed by atoms with Crippen molar-refractivity contribution in [2.45, 2.75) is 252 Å². The lowest BCUT2D eigenvalue weighted by Gasteiger charge is -2.29. The van der Waals surface area contributed by atoms with E-state index in [9.17, 15) is 83.1 Å². The summed E-state index contributed by atoms with van der Waals surface area (Å²) in [5, 5.41) is 77.7. The lowest BCUT2D eigenvalue weighted by Crippen LogP contribution is -2.39. The maximum Gasteiger partial charge on any atom is 0.331 e. The molecule has 107 heavy (non-hydrogen) atoms. The molecule has 0 bridgehead atoms. The molecule has 3 saturated heterocycles. The van der Waals surface area contributed by atoms with Gasteiger partial charge in [-0.2, -0.15) is 0 Å². The summed E-state index contributed by atoms with van der Waals surface area (Å²) in [7, 11) is 4.49. The third-order valence-electron chi connectivity index (χ3n) is 19.6. The van der Waals surface area contributed by atoms with Crippen LogP contribution in [-0.2, 0) is 76.5 Å². The number of carbonyl (C=O) groups excluding carboxylic acids is 10. The van der Waals surface area contributed by atoms with Gasteiger partial charge in [0.05, 0.1) is 36.4 Å². The van der Waals surface area contributed by atoms with Crippen LogP contribution in [0.25, 0.3) is 0 Å². The number of ether oxygens (including phenoxy) is 4. The molecule has 26 heteroatoms. The number of aliphatic hydroxyl groups excluding tert-OH is 5. The Morgan fingerprint density at radius 3 is 1.42 bits per heavy atom. The summed E-state index contributed by atoms with van der Waals surface area (Å²) in [5.41, 5.74) is 1.84. The van der Waals surface area contributed by atoms with Gasteiger partial charge < -0.3 is 54.7 Å². The number of hydrogen-bond donors (Lipinski definition) is 10. The van der Waals surface area contributed by atoms with Crippen LogP contribution in [0, 0.1) is 53.3 Å². The van der Waals surface area contributed by atoms with Crippen molar-refractivity contribution >= 4 is 70.7 Å². The number of Topliss-reactive ketones (excluding diaryl/α,β-unsaturated/α-hetero) is 3. The van der Waals surface area contributed by atoms with E-state index in [0.717, 1.165) is 12.2 Å². The Morgan fingerprint density at radius 1 is 0.570 bits per heavy atom. The van der Waals surface area contributed by atoms with Crippen molar-refractivity contribution in [3.8, 4) is 0 Å². The molecule has 0 saturated carbocycles. The summed E-state index contributed by atoms with van der Waals surface area (Å²) in [6.45, 7) is 15.8. The van der Waals surface area contributed by atoms with Gasteiger partial charge in [-0.25, -0.2) is 14.4 Å². The van der Waals surface area contributed by atoms with Crippen molar-refractivity contribution in [3.05, 3.63) is 108 Å². The van der Waals surface area contributed by atoms with Crippen LogP contribution in [0.1, 0.15) is 197 Å². The van der Waals surface area contributed by atoms with E-state index in [1.807, 2.05) is 31.2 Å². The standard InChI is InChI=1S/2C27H41NO8.C27H39NO7/c1-17(14-18(2)27(35)22(36-4)12-7-5-6-8-13-25(32)33)26(34)19(3)21(29)11-9-10-20-15-23(30)28-24(31)16-20;1-17(21(29)11-9-10-20-15-23(30)28-24(31)16-20)14-18(2)26(34)19(3)27(35)22(36-4)12-7-5-6-8-13-25(32)33;1-17-14-18(2)27(35-25(32)13-8-6-5-7-12-22(34-4)26(17)33)19(3)21(29)11-9-10-20-15-23(30)28-24(31)16-20/h7-8,12-14,18-20,22,26-27,34-35H,5-6,9-11,15-16H2,1-4H3,(H,32,33)(H,28,30,31);7-8,12-14,17,19-20,22,26-27,34-35H,5-6,9-11,15-16H2,1-4H3,(H,32,33)(H,28,30,31);7-8,12-14,17,19-20,22,26-27,33H,5-6,9-11,15-16H2,1-4H3,(H,28,30,31)/b12-7+,13-8+,17-14+;12-7+,13-8+,18-14+;12-7+,13-8+,18-14-/t;;17-,19-,22+,26+,27+/m..1/s1. The second kappa shape index (κ2) is 51.5. The molecule has 0 aliphatic carbocycles. The number of carboxylic acid groups (broad SMARTS) is 2. The van der Waals surface area contributed by atoms with Crippen molar-refractivity contribution in [2.24, 2.45) is 53.3 Å². The molecule has 598 valence electrons. The average molecular weight is 1500 g/mol. The van der Waals surface area contributed by atoms with Crippen LogP contribution in [0.15, 0.2) is 108 Å². The number of nitrogens with one attached hydrogen (secondary N) is 3. The minimum atomic E-state index is -1.00. The number of aliphatic hydroxyl groups is 5. The number of carboxylic acids is 2. The Balaban J connectivity index is 0.000000545. The van der Waals surface area contributed by atoms with Gasteiger partial charge in [0.15, 0.2) is 0 Å². The number of aliphatic carboxylic acids is 2. The number of esters is 1. The first-order chi connectivity index (χ1) is 50.5. The van der Waals surface area contributed by atoms with Crippen LogP contribution in [0.4, 0.5) is 0 Å². The lowest BCUT2D eigenvalue weighted by molar-refractivity contribution is -0.146. The van der Waals surface area contributed by atoms with E-state index in [1.54, 1.807) is 111 Å². The number of ketones is 3. The number of hydrogen-bond acceptors (Lipinski definition) is 21. The zero-order chi connectivity index (χ0) is 80.5. The Morgan fingerprint density at radius 2 is 0.981 bits per heavy atom. The molecule has 0 aromatic carbocycles. The first-order valence-electron chi connectivity index (χ1n) is 37.3. The molecule has 26 nitrogen and oxygen atoms in total. The molecule has 0 aromatic heterocycles. The van der Waals surface area contributed by atoms with E-state index in [4.69, 9.17) is 29.2 Å². The fraction of sp³-hybridized carbons (Fsp3) is 0.630. The Labute approximate surface area is 630 Å². The quantitative estimate of drug-likeness (QED) is 0.00904. The van der Waals surface area contributed by atoms with Gasteiger partial charge >= 0.3 is 17.9 Å². The Kier molecular flexibility index (Phi) is 45.8. The normalized spacial score (nSPS) is 23.6. The largest absolute Gasteiger partial charge is 0.478 e. The molecule has 4 heterocycles. The van der Waals surface area contributed by atoms with Crippen LogP contribution < -0.4 is 16.0 Å². The maximum absolute atomic E-state index is 13.0. The van der Waals surface area contributed by atoms with Crippen molar-refractivity contribution in [3.63, 3.8) is 0 Å². The highest BCUT2D eigenvalue weighted by atomic mass is 16.5. The van der Waals surface area contributed by atoms with Crippen molar-refractivity contribution in [1.82, 2.24) is 16.0 Å². The van der Waals surface area contributed by atoms with Gasteiger partial charge in [0, 0.05) is 127 Å². The summed E-state index contributed by atoms with van der Waals surface area (Å²) >= 11 is 0. The van der Waals surface area contributed by atoms with Gasteiger partial charge in [0.1, 0.15) is 41.8 Å². The lowest BCUT2D eigenvalue weighted by atomic mass is 9.86. The van der Waals surface area contributed by atoms with Crippen molar-refractivity contribution in [2.75, 3.05) is 21.3 Å². The van der Waals surface area contributed by atoms with Crippen LogP contribution in [0.3, 0.4) is 0 Å². The fourth-order valence-electron chi connectivity index (χ4n) is 13.2. The van der Waals surface area contributed by atoms with Crippen LogP contribution in [0.2, 0.25) is 0 Å². The Hall–Kier alpha value is -7.82. The third-order valence-corrected chi connectivity index (χ3v) is 19.6. The monoisotopic (exact) mass is 1500 g/mol. The Bertz CT molecular complexity index is 3160. The molecule has 10 unspecified atom stereocenters. The minimum absolute atomic E-state index is 0.0102. The number of rotatable bonds is 39.